The van der Waals surface area contributed by atoms with Crippen molar-refractivity contribution in [3.63, 3.8) is 0 Å². The predicted molar refractivity (Wildman–Crippen MR) is 98.5 cm³/mol. The van der Waals surface area contributed by atoms with Crippen molar-refractivity contribution in [1.82, 2.24) is 0 Å². The molecule has 9 heteroatoms. The SMILES string of the molecule is COCC(=O)Nc1ccc(NS(=O)(=O)c2ccc(OC)c(Br)c2)cc1. The summed E-state index contributed by atoms with van der Waals surface area (Å²) < 4.78 is 37.7. The molecule has 2 rings (SSSR count). The minimum Gasteiger partial charge on any atom is -0.496 e. The summed E-state index contributed by atoms with van der Waals surface area (Å²) >= 11 is 3.26. The van der Waals surface area contributed by atoms with Gasteiger partial charge in [0.2, 0.25) is 5.91 Å². The van der Waals surface area contributed by atoms with Crippen LogP contribution in [0.2, 0.25) is 0 Å². The number of halogens is 1. The van der Waals surface area contributed by atoms with E-state index in [1.807, 2.05) is 0 Å². The number of sulfonamides is 1. The van der Waals surface area contributed by atoms with Crippen molar-refractivity contribution in [2.75, 3.05) is 30.9 Å². The summed E-state index contributed by atoms with van der Waals surface area (Å²) in [6.07, 6.45) is 0. The maximum Gasteiger partial charge on any atom is 0.261 e. The molecule has 0 aliphatic carbocycles. The van der Waals surface area contributed by atoms with E-state index in [2.05, 4.69) is 26.0 Å². The highest BCUT2D eigenvalue weighted by atomic mass is 79.9. The molecular weight excluding hydrogens is 412 g/mol. The second kappa shape index (κ2) is 8.32. The second-order valence-corrected chi connectivity index (χ2v) is 7.50. The molecule has 0 saturated heterocycles. The molecule has 0 bridgehead atoms. The first-order valence-corrected chi connectivity index (χ1v) is 9.38. The third kappa shape index (κ3) is 5.18. The van der Waals surface area contributed by atoms with Crippen LogP contribution in [0.15, 0.2) is 51.8 Å². The van der Waals surface area contributed by atoms with E-state index in [4.69, 9.17) is 9.47 Å². The lowest BCUT2D eigenvalue weighted by Gasteiger charge is -2.11. The molecule has 0 aliphatic heterocycles. The van der Waals surface area contributed by atoms with Gasteiger partial charge >= 0.3 is 0 Å². The molecule has 0 fully saturated rings. The number of hydrogen-bond acceptors (Lipinski definition) is 5. The van der Waals surface area contributed by atoms with Gasteiger partial charge in [0.05, 0.1) is 16.5 Å². The number of carbonyl (C=O) groups is 1. The van der Waals surface area contributed by atoms with E-state index in [1.54, 1.807) is 30.3 Å². The molecule has 0 spiro atoms. The van der Waals surface area contributed by atoms with Gasteiger partial charge < -0.3 is 14.8 Å². The average Bonchev–Trinajstić information content (AvgIpc) is 2.56. The van der Waals surface area contributed by atoms with Gasteiger partial charge in [-0.15, -0.1) is 0 Å². The van der Waals surface area contributed by atoms with Crippen LogP contribution in [0.5, 0.6) is 5.75 Å². The Bertz CT molecular complexity index is 853. The van der Waals surface area contributed by atoms with Gasteiger partial charge in [-0.05, 0) is 58.4 Å². The number of hydrogen-bond donors (Lipinski definition) is 2. The van der Waals surface area contributed by atoms with E-state index in [-0.39, 0.29) is 17.4 Å². The van der Waals surface area contributed by atoms with Crippen LogP contribution in [0.1, 0.15) is 0 Å². The molecule has 25 heavy (non-hydrogen) atoms. The normalized spacial score (nSPS) is 11.0. The zero-order chi connectivity index (χ0) is 18.4. The number of anilines is 2. The molecule has 2 N–H and O–H groups in total. The van der Waals surface area contributed by atoms with E-state index in [9.17, 15) is 13.2 Å². The molecule has 0 unspecified atom stereocenters. The Labute approximate surface area is 154 Å². The standard InChI is InChI=1S/C16H17BrN2O5S/c1-23-10-16(20)18-11-3-5-12(6-4-11)19-25(21,22)13-7-8-15(24-2)14(17)9-13/h3-9,19H,10H2,1-2H3,(H,18,20). The molecule has 134 valence electrons. The number of amides is 1. The van der Waals surface area contributed by atoms with Crippen LogP contribution >= 0.6 is 15.9 Å². The lowest BCUT2D eigenvalue weighted by atomic mass is 10.3. The Hall–Kier alpha value is -2.10. The quantitative estimate of drug-likeness (QED) is 0.706. The van der Waals surface area contributed by atoms with E-state index in [0.717, 1.165) is 0 Å². The highest BCUT2D eigenvalue weighted by molar-refractivity contribution is 9.10. The van der Waals surface area contributed by atoms with E-state index in [1.165, 1.54) is 26.4 Å². The van der Waals surface area contributed by atoms with Gasteiger partial charge in [0, 0.05) is 18.5 Å². The first-order chi connectivity index (χ1) is 11.9. The Balaban J connectivity index is 2.12. The number of methoxy groups -OCH3 is 2. The number of benzene rings is 2. The predicted octanol–water partition coefficient (Wildman–Crippen LogP) is 2.84. The fourth-order valence-corrected chi connectivity index (χ4v) is 3.75. The lowest BCUT2D eigenvalue weighted by Crippen LogP contribution is -2.17. The average molecular weight is 429 g/mol. The van der Waals surface area contributed by atoms with Crippen molar-refractivity contribution in [3.8, 4) is 5.75 Å². The van der Waals surface area contributed by atoms with Crippen molar-refractivity contribution in [2.24, 2.45) is 0 Å². The lowest BCUT2D eigenvalue weighted by molar-refractivity contribution is -0.119. The summed E-state index contributed by atoms with van der Waals surface area (Å²) in [5, 5.41) is 2.62. The van der Waals surface area contributed by atoms with Gasteiger partial charge in [-0.25, -0.2) is 8.42 Å². The number of carbonyl (C=O) groups excluding carboxylic acids is 1. The van der Waals surface area contributed by atoms with Crippen LogP contribution in [-0.2, 0) is 19.6 Å². The van der Waals surface area contributed by atoms with Gasteiger partial charge in [-0.1, -0.05) is 0 Å². The van der Waals surface area contributed by atoms with Gasteiger partial charge in [0.1, 0.15) is 12.4 Å². The molecule has 0 radical (unpaired) electrons. The molecule has 7 nitrogen and oxygen atoms in total. The summed E-state index contributed by atoms with van der Waals surface area (Å²) in [5.41, 5.74) is 0.911. The third-order valence-electron chi connectivity index (χ3n) is 3.13. The molecule has 2 aromatic rings. The van der Waals surface area contributed by atoms with Crippen molar-refractivity contribution in [1.29, 1.82) is 0 Å². The summed E-state index contributed by atoms with van der Waals surface area (Å²) in [5.74, 6) is 0.244. The molecule has 0 aromatic heterocycles. The Morgan fingerprint density at radius 1 is 1.08 bits per heavy atom. The highest BCUT2D eigenvalue weighted by Gasteiger charge is 2.16. The first kappa shape index (κ1) is 19.2. The van der Waals surface area contributed by atoms with Crippen molar-refractivity contribution < 1.29 is 22.7 Å². The van der Waals surface area contributed by atoms with Crippen molar-refractivity contribution in [2.45, 2.75) is 4.90 Å². The van der Waals surface area contributed by atoms with E-state index >= 15 is 0 Å². The van der Waals surface area contributed by atoms with Gasteiger partial charge in [-0.3, -0.25) is 9.52 Å². The fourth-order valence-electron chi connectivity index (χ4n) is 1.98. The monoisotopic (exact) mass is 428 g/mol. The number of nitrogens with one attached hydrogen (secondary N) is 2. The molecule has 1 amide bonds. The second-order valence-electron chi connectivity index (χ2n) is 4.96. The summed E-state index contributed by atoms with van der Waals surface area (Å²) in [7, 11) is -0.823. The molecule has 0 aliphatic rings. The van der Waals surface area contributed by atoms with Crippen LogP contribution < -0.4 is 14.8 Å². The number of ether oxygens (including phenoxy) is 2. The fraction of sp³-hybridized carbons (Fsp3) is 0.188. The summed E-state index contributed by atoms with van der Waals surface area (Å²) in [4.78, 5) is 11.5. The zero-order valence-corrected chi connectivity index (χ0v) is 16.0. The molecule has 0 atom stereocenters. The Morgan fingerprint density at radius 3 is 2.28 bits per heavy atom. The minimum atomic E-state index is -3.75. The van der Waals surface area contributed by atoms with Crippen LogP contribution in [0, 0.1) is 0 Å². The largest absolute Gasteiger partial charge is 0.496 e. The minimum absolute atomic E-state index is 0.0548. The van der Waals surface area contributed by atoms with Crippen molar-refractivity contribution >= 4 is 43.2 Å². The van der Waals surface area contributed by atoms with Crippen LogP contribution in [0.25, 0.3) is 0 Å². The van der Waals surface area contributed by atoms with Crippen LogP contribution in [0.4, 0.5) is 11.4 Å². The smallest absolute Gasteiger partial charge is 0.261 e. The Morgan fingerprint density at radius 2 is 1.72 bits per heavy atom. The van der Waals surface area contributed by atoms with E-state index < -0.39 is 10.0 Å². The van der Waals surface area contributed by atoms with Gasteiger partial charge in [0.25, 0.3) is 10.0 Å². The van der Waals surface area contributed by atoms with Crippen LogP contribution in [0.3, 0.4) is 0 Å². The first-order valence-electron chi connectivity index (χ1n) is 7.11. The molecule has 0 heterocycles. The summed E-state index contributed by atoms with van der Waals surface area (Å²) in [6.45, 7) is -0.0548. The number of rotatable bonds is 7. The maximum absolute atomic E-state index is 12.4. The van der Waals surface area contributed by atoms with Gasteiger partial charge in [0.15, 0.2) is 0 Å². The molecule has 0 saturated carbocycles. The zero-order valence-electron chi connectivity index (χ0n) is 13.6. The Kier molecular flexibility index (Phi) is 6.40. The molecular formula is C16H17BrN2O5S. The van der Waals surface area contributed by atoms with E-state index in [0.29, 0.717) is 21.6 Å². The van der Waals surface area contributed by atoms with Crippen molar-refractivity contribution in [3.05, 3.63) is 46.9 Å². The van der Waals surface area contributed by atoms with Crippen LogP contribution in [-0.4, -0.2) is 35.2 Å². The topological polar surface area (TPSA) is 93.7 Å². The highest BCUT2D eigenvalue weighted by Crippen LogP contribution is 2.28. The summed E-state index contributed by atoms with van der Waals surface area (Å²) in [6, 6.07) is 10.8. The maximum atomic E-state index is 12.4. The molecule has 2 aromatic carbocycles. The van der Waals surface area contributed by atoms with Gasteiger partial charge in [-0.2, -0.15) is 0 Å². The third-order valence-corrected chi connectivity index (χ3v) is 5.13.